The van der Waals surface area contributed by atoms with Gasteiger partial charge < -0.3 is 14.7 Å². The van der Waals surface area contributed by atoms with Crippen LogP contribution in [0.2, 0.25) is 0 Å². The molecule has 1 N–H and O–H groups in total. The lowest BCUT2D eigenvalue weighted by atomic mass is 10.1. The Morgan fingerprint density at radius 3 is 2.47 bits per heavy atom. The molecule has 0 rings (SSSR count). The zero-order valence-corrected chi connectivity index (χ0v) is 10.5. The van der Waals surface area contributed by atoms with Crippen LogP contribution in [0.25, 0.3) is 0 Å². The van der Waals surface area contributed by atoms with E-state index in [9.17, 15) is 5.11 Å². The highest BCUT2D eigenvalue weighted by Crippen LogP contribution is 2.02. The van der Waals surface area contributed by atoms with Crippen LogP contribution in [-0.2, 0) is 4.74 Å². The van der Waals surface area contributed by atoms with Crippen LogP contribution in [0.5, 0.6) is 0 Å². The molecule has 0 heterocycles. The Balaban J connectivity index is 3.43. The number of ether oxygens (including phenoxy) is 1. The summed E-state index contributed by atoms with van der Waals surface area (Å²) in [5, 5.41) is 9.41. The minimum atomic E-state index is -0.115. The summed E-state index contributed by atoms with van der Waals surface area (Å²) in [6, 6.07) is 0. The molecule has 1 atom stereocenters. The molecule has 3 heteroatoms. The van der Waals surface area contributed by atoms with Gasteiger partial charge in [-0.3, -0.25) is 0 Å². The molecule has 0 aliphatic heterocycles. The van der Waals surface area contributed by atoms with Gasteiger partial charge in [0, 0.05) is 13.2 Å². The molecule has 0 saturated heterocycles. The summed E-state index contributed by atoms with van der Waals surface area (Å²) < 4.78 is 5.32. The summed E-state index contributed by atoms with van der Waals surface area (Å²) in [5.41, 5.74) is 0. The summed E-state index contributed by atoms with van der Waals surface area (Å²) in [7, 11) is 0. The van der Waals surface area contributed by atoms with Gasteiger partial charge in [0.1, 0.15) is 0 Å². The Morgan fingerprint density at radius 1 is 1.20 bits per heavy atom. The van der Waals surface area contributed by atoms with Gasteiger partial charge in [0.25, 0.3) is 0 Å². The van der Waals surface area contributed by atoms with Crippen molar-refractivity contribution in [2.75, 3.05) is 32.8 Å². The molecule has 0 radical (unpaired) electrons. The zero-order valence-electron chi connectivity index (χ0n) is 10.5. The number of aliphatic hydroxyl groups excluding tert-OH is 1. The van der Waals surface area contributed by atoms with E-state index in [0.29, 0.717) is 0 Å². The Hall–Kier alpha value is -0.120. The SMILES string of the molecule is CCOCCN(CC)CCCC(O)CC. The van der Waals surface area contributed by atoms with E-state index in [1.165, 1.54) is 0 Å². The lowest BCUT2D eigenvalue weighted by Gasteiger charge is -2.20. The molecular weight excluding hydrogens is 190 g/mol. The summed E-state index contributed by atoms with van der Waals surface area (Å²) in [4.78, 5) is 2.37. The highest BCUT2D eigenvalue weighted by Gasteiger charge is 2.04. The van der Waals surface area contributed by atoms with Crippen molar-refractivity contribution < 1.29 is 9.84 Å². The van der Waals surface area contributed by atoms with E-state index in [0.717, 1.165) is 52.1 Å². The van der Waals surface area contributed by atoms with Gasteiger partial charge in [-0.05, 0) is 39.3 Å². The first-order valence-corrected chi connectivity index (χ1v) is 6.22. The third kappa shape index (κ3) is 8.85. The maximum Gasteiger partial charge on any atom is 0.0593 e. The van der Waals surface area contributed by atoms with Crippen molar-refractivity contribution in [1.29, 1.82) is 0 Å². The Morgan fingerprint density at radius 2 is 1.93 bits per heavy atom. The average molecular weight is 217 g/mol. The van der Waals surface area contributed by atoms with Gasteiger partial charge in [0.2, 0.25) is 0 Å². The lowest BCUT2D eigenvalue weighted by molar-refractivity contribution is 0.109. The monoisotopic (exact) mass is 217 g/mol. The maximum absolute atomic E-state index is 9.41. The molecule has 0 saturated carbocycles. The third-order valence-corrected chi connectivity index (χ3v) is 2.69. The maximum atomic E-state index is 9.41. The van der Waals surface area contributed by atoms with E-state index in [1.807, 2.05) is 13.8 Å². The highest BCUT2D eigenvalue weighted by molar-refractivity contribution is 4.58. The molecule has 0 aromatic carbocycles. The number of rotatable bonds is 10. The molecule has 0 fully saturated rings. The topological polar surface area (TPSA) is 32.7 Å². The van der Waals surface area contributed by atoms with Gasteiger partial charge >= 0.3 is 0 Å². The van der Waals surface area contributed by atoms with Crippen LogP contribution in [0.15, 0.2) is 0 Å². The van der Waals surface area contributed by atoms with E-state index in [1.54, 1.807) is 0 Å². The fourth-order valence-corrected chi connectivity index (χ4v) is 1.52. The number of hydrogen-bond donors (Lipinski definition) is 1. The van der Waals surface area contributed by atoms with Crippen LogP contribution in [0, 0.1) is 0 Å². The Labute approximate surface area is 94.4 Å². The van der Waals surface area contributed by atoms with E-state index in [4.69, 9.17) is 4.74 Å². The second-order valence-electron chi connectivity index (χ2n) is 3.84. The van der Waals surface area contributed by atoms with Crippen molar-refractivity contribution in [2.45, 2.75) is 46.1 Å². The first-order valence-electron chi connectivity index (χ1n) is 6.22. The van der Waals surface area contributed by atoms with Crippen LogP contribution in [0.1, 0.15) is 40.0 Å². The molecule has 0 aromatic rings. The van der Waals surface area contributed by atoms with Crippen LogP contribution in [-0.4, -0.2) is 49.0 Å². The van der Waals surface area contributed by atoms with Crippen molar-refractivity contribution >= 4 is 0 Å². The van der Waals surface area contributed by atoms with Crippen molar-refractivity contribution in [2.24, 2.45) is 0 Å². The normalized spacial score (nSPS) is 13.4. The van der Waals surface area contributed by atoms with Gasteiger partial charge in [-0.25, -0.2) is 0 Å². The van der Waals surface area contributed by atoms with Crippen LogP contribution >= 0.6 is 0 Å². The molecule has 0 spiro atoms. The second-order valence-corrected chi connectivity index (χ2v) is 3.84. The fourth-order valence-electron chi connectivity index (χ4n) is 1.52. The lowest BCUT2D eigenvalue weighted by Crippen LogP contribution is -2.29. The first-order chi connectivity index (χ1) is 7.24. The summed E-state index contributed by atoms with van der Waals surface area (Å²) in [6.07, 6.45) is 2.75. The molecule has 92 valence electrons. The Bertz CT molecular complexity index is 131. The predicted molar refractivity (Wildman–Crippen MR) is 64.1 cm³/mol. The van der Waals surface area contributed by atoms with Crippen molar-refractivity contribution in [3.63, 3.8) is 0 Å². The molecule has 0 aliphatic rings. The minimum Gasteiger partial charge on any atom is -0.393 e. The molecule has 1 unspecified atom stereocenters. The standard InChI is InChI=1S/C12H27NO2/c1-4-12(14)8-7-9-13(5-2)10-11-15-6-3/h12,14H,4-11H2,1-3H3. The van der Waals surface area contributed by atoms with Crippen molar-refractivity contribution in [3.05, 3.63) is 0 Å². The van der Waals surface area contributed by atoms with Gasteiger partial charge in [-0.1, -0.05) is 13.8 Å². The molecule has 0 amide bonds. The molecule has 0 aliphatic carbocycles. The predicted octanol–water partition coefficient (Wildman–Crippen LogP) is 1.90. The number of hydrogen-bond acceptors (Lipinski definition) is 3. The van der Waals surface area contributed by atoms with Gasteiger partial charge in [-0.2, -0.15) is 0 Å². The van der Waals surface area contributed by atoms with Crippen molar-refractivity contribution in [1.82, 2.24) is 4.90 Å². The van der Waals surface area contributed by atoms with Gasteiger partial charge in [0.15, 0.2) is 0 Å². The van der Waals surface area contributed by atoms with Gasteiger partial charge in [-0.15, -0.1) is 0 Å². The molecule has 0 bridgehead atoms. The minimum absolute atomic E-state index is 0.115. The van der Waals surface area contributed by atoms with Gasteiger partial charge in [0.05, 0.1) is 12.7 Å². The quantitative estimate of drug-likeness (QED) is 0.567. The van der Waals surface area contributed by atoms with E-state index in [2.05, 4.69) is 11.8 Å². The smallest absolute Gasteiger partial charge is 0.0593 e. The van der Waals surface area contributed by atoms with E-state index >= 15 is 0 Å². The molecule has 15 heavy (non-hydrogen) atoms. The van der Waals surface area contributed by atoms with Crippen LogP contribution in [0.3, 0.4) is 0 Å². The van der Waals surface area contributed by atoms with Crippen LogP contribution in [0.4, 0.5) is 0 Å². The third-order valence-electron chi connectivity index (χ3n) is 2.69. The molecular formula is C12H27NO2. The van der Waals surface area contributed by atoms with Crippen LogP contribution < -0.4 is 0 Å². The zero-order chi connectivity index (χ0) is 11.5. The first kappa shape index (κ1) is 14.9. The Kier molecular flexibility index (Phi) is 10.3. The second kappa shape index (κ2) is 10.4. The summed E-state index contributed by atoms with van der Waals surface area (Å²) in [6.45, 7) is 11.0. The summed E-state index contributed by atoms with van der Waals surface area (Å²) in [5.74, 6) is 0. The number of likely N-dealkylation sites (N-methyl/N-ethyl adjacent to an activating group) is 1. The number of aliphatic hydroxyl groups is 1. The average Bonchev–Trinajstić information content (AvgIpc) is 2.26. The molecule has 0 aromatic heterocycles. The summed E-state index contributed by atoms with van der Waals surface area (Å²) >= 11 is 0. The van der Waals surface area contributed by atoms with Crippen molar-refractivity contribution in [3.8, 4) is 0 Å². The van der Waals surface area contributed by atoms with E-state index < -0.39 is 0 Å². The number of nitrogens with zero attached hydrogens (tertiary/aromatic N) is 1. The largest absolute Gasteiger partial charge is 0.393 e. The van der Waals surface area contributed by atoms with E-state index in [-0.39, 0.29) is 6.10 Å². The highest BCUT2D eigenvalue weighted by atomic mass is 16.5. The fraction of sp³-hybridized carbons (Fsp3) is 1.00. The molecule has 3 nitrogen and oxygen atoms in total.